The maximum atomic E-state index is 12.9. The predicted molar refractivity (Wildman–Crippen MR) is 90.4 cm³/mol. The van der Waals surface area contributed by atoms with Crippen molar-refractivity contribution in [3.8, 4) is 0 Å². The van der Waals surface area contributed by atoms with Gasteiger partial charge in [0.05, 0.1) is 18.2 Å². The van der Waals surface area contributed by atoms with Crippen LogP contribution in [0.2, 0.25) is 0 Å². The molecule has 2 heterocycles. The molecule has 25 heavy (non-hydrogen) atoms. The Labute approximate surface area is 145 Å². The molecule has 1 saturated heterocycles. The smallest absolute Gasteiger partial charge is 0.257 e. The van der Waals surface area contributed by atoms with Gasteiger partial charge in [-0.3, -0.25) is 9.59 Å². The Morgan fingerprint density at radius 2 is 1.88 bits per heavy atom. The molecule has 0 aliphatic carbocycles. The van der Waals surface area contributed by atoms with Gasteiger partial charge in [0, 0.05) is 19.6 Å². The van der Waals surface area contributed by atoms with Crippen LogP contribution in [0.4, 0.5) is 4.39 Å². The van der Waals surface area contributed by atoms with Crippen molar-refractivity contribution in [2.45, 2.75) is 19.3 Å². The van der Waals surface area contributed by atoms with Gasteiger partial charge < -0.3 is 14.6 Å². The quantitative estimate of drug-likeness (QED) is 0.907. The van der Waals surface area contributed by atoms with Gasteiger partial charge in [0.1, 0.15) is 12.1 Å². The zero-order chi connectivity index (χ0) is 17.6. The fraction of sp³-hybridized carbons (Fsp3) is 0.368. The van der Waals surface area contributed by atoms with Gasteiger partial charge in [0.25, 0.3) is 5.91 Å². The van der Waals surface area contributed by atoms with Gasteiger partial charge >= 0.3 is 0 Å². The molecule has 1 aliphatic rings. The van der Waals surface area contributed by atoms with Crippen molar-refractivity contribution in [1.82, 2.24) is 10.2 Å². The number of amides is 2. The molecule has 2 aromatic rings. The zero-order valence-electron chi connectivity index (χ0n) is 13.9. The summed E-state index contributed by atoms with van der Waals surface area (Å²) in [4.78, 5) is 26.0. The number of nitrogens with one attached hydrogen (secondary N) is 1. The Morgan fingerprint density at radius 1 is 1.16 bits per heavy atom. The van der Waals surface area contributed by atoms with E-state index in [9.17, 15) is 14.0 Å². The predicted octanol–water partition coefficient (Wildman–Crippen LogP) is 2.63. The highest BCUT2D eigenvalue weighted by molar-refractivity contribution is 5.93. The monoisotopic (exact) mass is 344 g/mol. The van der Waals surface area contributed by atoms with Crippen LogP contribution in [0.15, 0.2) is 47.3 Å². The zero-order valence-corrected chi connectivity index (χ0v) is 13.9. The Hall–Kier alpha value is -2.63. The summed E-state index contributed by atoms with van der Waals surface area (Å²) in [6.45, 7) is 1.97. The average molecular weight is 344 g/mol. The summed E-state index contributed by atoms with van der Waals surface area (Å²) in [6.07, 6.45) is 4.93. The van der Waals surface area contributed by atoms with E-state index >= 15 is 0 Å². The first kappa shape index (κ1) is 17.2. The Balaban J connectivity index is 1.39. The second-order valence-corrected chi connectivity index (χ2v) is 6.35. The lowest BCUT2D eigenvalue weighted by atomic mass is 9.96. The molecule has 2 amide bonds. The van der Waals surface area contributed by atoms with E-state index in [1.807, 2.05) is 4.90 Å². The second kappa shape index (κ2) is 7.96. The van der Waals surface area contributed by atoms with Crippen molar-refractivity contribution in [2.24, 2.45) is 5.92 Å². The summed E-state index contributed by atoms with van der Waals surface area (Å²) in [5.74, 6) is -0.0116. The van der Waals surface area contributed by atoms with E-state index in [4.69, 9.17) is 4.42 Å². The molecule has 1 fully saturated rings. The Bertz CT molecular complexity index is 705. The summed E-state index contributed by atoms with van der Waals surface area (Å²) < 4.78 is 17.8. The molecule has 5 nitrogen and oxygen atoms in total. The van der Waals surface area contributed by atoms with E-state index in [-0.39, 0.29) is 24.1 Å². The third-order valence-corrected chi connectivity index (χ3v) is 4.54. The number of hydrogen-bond donors (Lipinski definition) is 1. The summed E-state index contributed by atoms with van der Waals surface area (Å²) in [5.41, 5.74) is 1.37. The van der Waals surface area contributed by atoms with E-state index in [1.54, 1.807) is 18.2 Å². The number of carbonyl (C=O) groups excluding carboxylic acids is 2. The van der Waals surface area contributed by atoms with E-state index in [0.717, 1.165) is 18.4 Å². The lowest BCUT2D eigenvalue weighted by Gasteiger charge is -2.31. The molecule has 1 N–H and O–H groups in total. The summed E-state index contributed by atoms with van der Waals surface area (Å²) in [6, 6.07) is 7.62. The first-order valence-electron chi connectivity index (χ1n) is 8.44. The number of halogens is 1. The molecule has 0 radical (unpaired) electrons. The SMILES string of the molecule is O=C(Cc1ccc(F)cc1)NCC1CCN(C(=O)c2ccoc2)CC1. The van der Waals surface area contributed by atoms with Crippen molar-refractivity contribution in [3.05, 3.63) is 59.8 Å². The molecule has 1 aromatic carbocycles. The summed E-state index contributed by atoms with van der Waals surface area (Å²) in [5, 5.41) is 2.94. The second-order valence-electron chi connectivity index (χ2n) is 6.35. The van der Waals surface area contributed by atoms with Crippen molar-refractivity contribution < 1.29 is 18.4 Å². The van der Waals surface area contributed by atoms with Crippen LogP contribution in [-0.2, 0) is 11.2 Å². The third-order valence-electron chi connectivity index (χ3n) is 4.54. The molecule has 132 valence electrons. The molecule has 1 aromatic heterocycles. The fourth-order valence-electron chi connectivity index (χ4n) is 3.02. The molecule has 0 saturated carbocycles. The van der Waals surface area contributed by atoms with Gasteiger partial charge in [-0.1, -0.05) is 12.1 Å². The average Bonchev–Trinajstić information content (AvgIpc) is 3.16. The van der Waals surface area contributed by atoms with Crippen LogP contribution in [0.25, 0.3) is 0 Å². The van der Waals surface area contributed by atoms with E-state index in [0.29, 0.717) is 31.1 Å². The van der Waals surface area contributed by atoms with E-state index < -0.39 is 0 Å². The highest BCUT2D eigenvalue weighted by Gasteiger charge is 2.24. The minimum absolute atomic E-state index is 0.00690. The van der Waals surface area contributed by atoms with Gasteiger partial charge in [-0.25, -0.2) is 4.39 Å². The van der Waals surface area contributed by atoms with Crippen LogP contribution >= 0.6 is 0 Å². The number of nitrogens with zero attached hydrogens (tertiary/aromatic N) is 1. The number of furan rings is 1. The van der Waals surface area contributed by atoms with Crippen molar-refractivity contribution in [1.29, 1.82) is 0 Å². The van der Waals surface area contributed by atoms with Gasteiger partial charge in [0.15, 0.2) is 0 Å². The number of carbonyl (C=O) groups is 2. The molecule has 0 spiro atoms. The highest BCUT2D eigenvalue weighted by atomic mass is 19.1. The van der Waals surface area contributed by atoms with Crippen molar-refractivity contribution in [2.75, 3.05) is 19.6 Å². The maximum absolute atomic E-state index is 12.9. The first-order valence-corrected chi connectivity index (χ1v) is 8.44. The Kier molecular flexibility index (Phi) is 5.48. The largest absolute Gasteiger partial charge is 0.472 e. The van der Waals surface area contributed by atoms with E-state index in [1.165, 1.54) is 24.7 Å². The van der Waals surface area contributed by atoms with Gasteiger partial charge in [-0.15, -0.1) is 0 Å². The number of likely N-dealkylation sites (tertiary alicyclic amines) is 1. The van der Waals surface area contributed by atoms with Crippen LogP contribution in [0.1, 0.15) is 28.8 Å². The van der Waals surface area contributed by atoms with Crippen molar-refractivity contribution in [3.63, 3.8) is 0 Å². The lowest BCUT2D eigenvalue weighted by Crippen LogP contribution is -2.41. The lowest BCUT2D eigenvalue weighted by molar-refractivity contribution is -0.120. The van der Waals surface area contributed by atoms with Crippen LogP contribution < -0.4 is 5.32 Å². The molecule has 1 aliphatic heterocycles. The minimum Gasteiger partial charge on any atom is -0.472 e. The standard InChI is InChI=1S/C19H21FN2O3/c20-17-3-1-14(2-4-17)11-18(23)21-12-15-5-8-22(9-6-15)19(24)16-7-10-25-13-16/h1-4,7,10,13,15H,5-6,8-9,11-12H2,(H,21,23). The molecule has 0 unspecified atom stereocenters. The first-order chi connectivity index (χ1) is 12.1. The topological polar surface area (TPSA) is 62.6 Å². The molecule has 0 atom stereocenters. The number of benzene rings is 1. The Morgan fingerprint density at radius 3 is 2.52 bits per heavy atom. The van der Waals surface area contributed by atoms with Gasteiger partial charge in [-0.05, 0) is 42.5 Å². The molecule has 0 bridgehead atoms. The molecule has 6 heteroatoms. The van der Waals surface area contributed by atoms with Gasteiger partial charge in [-0.2, -0.15) is 0 Å². The van der Waals surface area contributed by atoms with Crippen LogP contribution in [0.5, 0.6) is 0 Å². The number of piperidine rings is 1. The summed E-state index contributed by atoms with van der Waals surface area (Å²) >= 11 is 0. The fourth-order valence-corrected chi connectivity index (χ4v) is 3.02. The van der Waals surface area contributed by atoms with Crippen LogP contribution in [0, 0.1) is 11.7 Å². The van der Waals surface area contributed by atoms with Crippen molar-refractivity contribution >= 4 is 11.8 Å². The number of hydrogen-bond acceptors (Lipinski definition) is 3. The molecular formula is C19H21FN2O3. The van der Waals surface area contributed by atoms with E-state index in [2.05, 4.69) is 5.32 Å². The number of rotatable bonds is 5. The highest BCUT2D eigenvalue weighted by Crippen LogP contribution is 2.18. The van der Waals surface area contributed by atoms with Crippen LogP contribution in [0.3, 0.4) is 0 Å². The van der Waals surface area contributed by atoms with Crippen LogP contribution in [-0.4, -0.2) is 36.3 Å². The third kappa shape index (κ3) is 4.68. The van der Waals surface area contributed by atoms with Gasteiger partial charge in [0.2, 0.25) is 5.91 Å². The maximum Gasteiger partial charge on any atom is 0.257 e. The minimum atomic E-state index is -0.305. The molecular weight excluding hydrogens is 323 g/mol. The molecule has 3 rings (SSSR count). The summed E-state index contributed by atoms with van der Waals surface area (Å²) in [7, 11) is 0. The normalized spacial score (nSPS) is 15.2.